The molecule has 0 amide bonds. The maximum absolute atomic E-state index is 6.19. The lowest BCUT2D eigenvalue weighted by Gasteiger charge is -2.20. The third kappa shape index (κ3) is 2.42. The van der Waals surface area contributed by atoms with E-state index in [0.29, 0.717) is 0 Å². The highest BCUT2D eigenvalue weighted by Gasteiger charge is 2.24. The van der Waals surface area contributed by atoms with Gasteiger partial charge < -0.3 is 14.5 Å². The van der Waals surface area contributed by atoms with Crippen molar-refractivity contribution in [3.8, 4) is 5.75 Å². The van der Waals surface area contributed by atoms with Gasteiger partial charge in [-0.1, -0.05) is 20.8 Å². The molecule has 0 fully saturated rings. The van der Waals surface area contributed by atoms with E-state index in [9.17, 15) is 0 Å². The Kier molecular flexibility index (Phi) is 3.83. The fourth-order valence-electron chi connectivity index (χ4n) is 2.53. The quantitative estimate of drug-likeness (QED) is 0.905. The van der Waals surface area contributed by atoms with E-state index in [1.807, 2.05) is 7.05 Å². The van der Waals surface area contributed by atoms with Crippen LogP contribution in [0.1, 0.15) is 50.6 Å². The Morgan fingerprint density at radius 3 is 2.40 bits per heavy atom. The number of fused-ring (bicyclic) bond motifs is 1. The Hall–Kier alpha value is -1.48. The van der Waals surface area contributed by atoms with Crippen LogP contribution in [0.25, 0.3) is 11.0 Å². The number of methoxy groups -OCH3 is 1. The SMILES string of the molecule is CNC(C)c1oc2c(C(C)(C)C)cc(OC)cc2c1C. The average Bonchev–Trinajstić information content (AvgIpc) is 2.73. The van der Waals surface area contributed by atoms with E-state index in [0.717, 1.165) is 22.5 Å². The van der Waals surface area contributed by atoms with E-state index in [1.165, 1.54) is 11.1 Å². The minimum Gasteiger partial charge on any atom is -0.497 e. The van der Waals surface area contributed by atoms with Crippen molar-refractivity contribution in [1.82, 2.24) is 5.32 Å². The van der Waals surface area contributed by atoms with Crippen LogP contribution >= 0.6 is 0 Å². The number of hydrogen-bond acceptors (Lipinski definition) is 3. The zero-order valence-electron chi connectivity index (χ0n) is 13.5. The Bertz CT molecular complexity index is 620. The van der Waals surface area contributed by atoms with Gasteiger partial charge in [0, 0.05) is 16.5 Å². The highest BCUT2D eigenvalue weighted by atomic mass is 16.5. The van der Waals surface area contributed by atoms with Crippen LogP contribution in [0.4, 0.5) is 0 Å². The minimum atomic E-state index is 0.0111. The second-order valence-corrected chi connectivity index (χ2v) is 6.40. The number of aryl methyl sites for hydroxylation is 1. The maximum atomic E-state index is 6.19. The van der Waals surface area contributed by atoms with Crippen LogP contribution in [0.15, 0.2) is 16.5 Å². The summed E-state index contributed by atoms with van der Waals surface area (Å²) in [6.45, 7) is 10.8. The number of hydrogen-bond donors (Lipinski definition) is 1. The molecule has 0 saturated carbocycles. The second kappa shape index (κ2) is 5.13. The zero-order valence-corrected chi connectivity index (χ0v) is 13.5. The van der Waals surface area contributed by atoms with Crippen molar-refractivity contribution in [3.63, 3.8) is 0 Å². The standard InChI is InChI=1S/C17H25NO2/c1-10-13-8-12(19-7)9-14(17(3,4)5)16(13)20-15(10)11(2)18-6/h8-9,11,18H,1-7H3. The zero-order chi connectivity index (χ0) is 15.1. The van der Waals surface area contributed by atoms with Gasteiger partial charge in [-0.15, -0.1) is 0 Å². The summed E-state index contributed by atoms with van der Waals surface area (Å²) < 4.78 is 11.6. The van der Waals surface area contributed by atoms with Gasteiger partial charge in [-0.05, 0) is 38.4 Å². The highest BCUT2D eigenvalue weighted by molar-refractivity contribution is 5.87. The molecule has 1 N–H and O–H groups in total. The largest absolute Gasteiger partial charge is 0.497 e. The average molecular weight is 275 g/mol. The fraction of sp³-hybridized carbons (Fsp3) is 0.529. The maximum Gasteiger partial charge on any atom is 0.138 e. The van der Waals surface area contributed by atoms with Gasteiger partial charge in [0.1, 0.15) is 17.1 Å². The summed E-state index contributed by atoms with van der Waals surface area (Å²) in [5.41, 5.74) is 3.36. The first-order valence-electron chi connectivity index (χ1n) is 7.08. The van der Waals surface area contributed by atoms with Crippen molar-refractivity contribution in [2.24, 2.45) is 0 Å². The molecular formula is C17H25NO2. The number of ether oxygens (including phenoxy) is 1. The summed E-state index contributed by atoms with van der Waals surface area (Å²) in [6.07, 6.45) is 0. The van der Waals surface area contributed by atoms with Gasteiger partial charge in [-0.25, -0.2) is 0 Å². The Morgan fingerprint density at radius 1 is 1.25 bits per heavy atom. The topological polar surface area (TPSA) is 34.4 Å². The summed E-state index contributed by atoms with van der Waals surface area (Å²) >= 11 is 0. The smallest absolute Gasteiger partial charge is 0.138 e. The molecule has 2 aromatic rings. The second-order valence-electron chi connectivity index (χ2n) is 6.40. The number of nitrogens with one attached hydrogen (secondary N) is 1. The number of furan rings is 1. The van der Waals surface area contributed by atoms with Crippen LogP contribution in [0.2, 0.25) is 0 Å². The van der Waals surface area contributed by atoms with Crippen LogP contribution in [0, 0.1) is 6.92 Å². The highest BCUT2D eigenvalue weighted by Crippen LogP contribution is 2.39. The molecule has 1 aromatic carbocycles. The lowest BCUT2D eigenvalue weighted by atomic mass is 9.85. The van der Waals surface area contributed by atoms with Gasteiger partial charge in [0.2, 0.25) is 0 Å². The van der Waals surface area contributed by atoms with E-state index >= 15 is 0 Å². The predicted octanol–water partition coefficient (Wildman–Crippen LogP) is 4.33. The predicted molar refractivity (Wildman–Crippen MR) is 83.7 cm³/mol. The van der Waals surface area contributed by atoms with Crippen molar-refractivity contribution in [2.45, 2.75) is 46.1 Å². The van der Waals surface area contributed by atoms with Gasteiger partial charge in [0.15, 0.2) is 0 Å². The molecule has 0 aliphatic carbocycles. The first kappa shape index (κ1) is 14.9. The van der Waals surface area contributed by atoms with Crippen molar-refractivity contribution < 1.29 is 9.15 Å². The van der Waals surface area contributed by atoms with Crippen molar-refractivity contribution >= 4 is 11.0 Å². The lowest BCUT2D eigenvalue weighted by molar-refractivity contribution is 0.412. The van der Waals surface area contributed by atoms with Gasteiger partial charge in [-0.2, -0.15) is 0 Å². The Balaban J connectivity index is 2.79. The van der Waals surface area contributed by atoms with E-state index in [4.69, 9.17) is 9.15 Å². The summed E-state index contributed by atoms with van der Waals surface area (Å²) in [6, 6.07) is 4.34. The van der Waals surface area contributed by atoms with Crippen LogP contribution in [-0.4, -0.2) is 14.2 Å². The van der Waals surface area contributed by atoms with E-state index in [2.05, 4.69) is 52.1 Å². The molecule has 1 aromatic heterocycles. The van der Waals surface area contributed by atoms with E-state index in [1.54, 1.807) is 7.11 Å². The molecule has 3 nitrogen and oxygen atoms in total. The molecule has 3 heteroatoms. The number of rotatable bonds is 3. The monoisotopic (exact) mass is 275 g/mol. The molecule has 20 heavy (non-hydrogen) atoms. The first-order chi connectivity index (χ1) is 9.29. The Labute approximate surface area is 121 Å². The summed E-state index contributed by atoms with van der Waals surface area (Å²) in [7, 11) is 3.66. The molecule has 1 unspecified atom stereocenters. The van der Waals surface area contributed by atoms with Crippen LogP contribution < -0.4 is 10.1 Å². The molecule has 0 aliphatic heterocycles. The molecule has 0 saturated heterocycles. The molecule has 0 radical (unpaired) electrons. The normalized spacial score (nSPS) is 13.8. The Morgan fingerprint density at radius 2 is 1.90 bits per heavy atom. The van der Waals surface area contributed by atoms with Crippen LogP contribution in [0.5, 0.6) is 5.75 Å². The minimum absolute atomic E-state index is 0.0111. The molecule has 0 aliphatic rings. The van der Waals surface area contributed by atoms with Crippen LogP contribution in [-0.2, 0) is 5.41 Å². The first-order valence-corrected chi connectivity index (χ1v) is 7.08. The summed E-state index contributed by atoms with van der Waals surface area (Å²) in [4.78, 5) is 0. The lowest BCUT2D eigenvalue weighted by Crippen LogP contribution is -2.12. The summed E-state index contributed by atoms with van der Waals surface area (Å²) in [5, 5.41) is 4.39. The molecule has 1 atom stereocenters. The van der Waals surface area contributed by atoms with Crippen molar-refractivity contribution in [2.75, 3.05) is 14.2 Å². The third-order valence-electron chi connectivity index (χ3n) is 3.92. The van der Waals surface area contributed by atoms with Gasteiger partial charge in [0.25, 0.3) is 0 Å². The van der Waals surface area contributed by atoms with E-state index < -0.39 is 0 Å². The number of benzene rings is 1. The van der Waals surface area contributed by atoms with Gasteiger partial charge in [0.05, 0.1) is 13.2 Å². The fourth-order valence-corrected chi connectivity index (χ4v) is 2.53. The van der Waals surface area contributed by atoms with Crippen molar-refractivity contribution in [3.05, 3.63) is 29.0 Å². The van der Waals surface area contributed by atoms with E-state index in [-0.39, 0.29) is 11.5 Å². The molecule has 1 heterocycles. The molecule has 0 bridgehead atoms. The molecule has 110 valence electrons. The molecular weight excluding hydrogens is 250 g/mol. The van der Waals surface area contributed by atoms with Crippen LogP contribution in [0.3, 0.4) is 0 Å². The molecule has 2 rings (SSSR count). The third-order valence-corrected chi connectivity index (χ3v) is 3.92. The molecule has 0 spiro atoms. The van der Waals surface area contributed by atoms with Gasteiger partial charge in [-0.3, -0.25) is 0 Å². The van der Waals surface area contributed by atoms with Crippen molar-refractivity contribution in [1.29, 1.82) is 0 Å². The van der Waals surface area contributed by atoms with Gasteiger partial charge >= 0.3 is 0 Å². The summed E-state index contributed by atoms with van der Waals surface area (Å²) in [5.74, 6) is 1.89.